The van der Waals surface area contributed by atoms with Gasteiger partial charge in [0.1, 0.15) is 0 Å². The monoisotopic (exact) mass is 389 g/mol. The van der Waals surface area contributed by atoms with Crippen molar-refractivity contribution in [3.63, 3.8) is 0 Å². The van der Waals surface area contributed by atoms with Gasteiger partial charge in [0, 0.05) is 12.2 Å². The summed E-state index contributed by atoms with van der Waals surface area (Å²) in [7, 11) is 0. The lowest BCUT2D eigenvalue weighted by Crippen LogP contribution is -2.07. The lowest BCUT2D eigenvalue weighted by Gasteiger charge is -2.10. The molecule has 0 radical (unpaired) electrons. The van der Waals surface area contributed by atoms with Crippen molar-refractivity contribution in [3.05, 3.63) is 59.8 Å². The van der Waals surface area contributed by atoms with E-state index in [4.69, 9.17) is 9.47 Å². The van der Waals surface area contributed by atoms with E-state index in [9.17, 15) is 13.2 Å². The Kier molecular flexibility index (Phi) is 4.60. The summed E-state index contributed by atoms with van der Waals surface area (Å²) in [4.78, 5) is 4.25. The largest absolute Gasteiger partial charge is 0.454 e. The number of hydrogen-bond acceptors (Lipinski definition) is 7. The predicted octanol–water partition coefficient (Wildman–Crippen LogP) is 3.97. The van der Waals surface area contributed by atoms with E-state index in [-0.39, 0.29) is 12.7 Å². The maximum atomic E-state index is 12.6. The fourth-order valence-electron chi connectivity index (χ4n) is 2.56. The summed E-state index contributed by atoms with van der Waals surface area (Å²) in [5, 5.41) is 13.7. The van der Waals surface area contributed by atoms with Crippen molar-refractivity contribution in [2.75, 3.05) is 17.4 Å². The summed E-state index contributed by atoms with van der Waals surface area (Å²) in [6.07, 6.45) is -3.00. The van der Waals surface area contributed by atoms with Crippen LogP contribution >= 0.6 is 0 Å². The summed E-state index contributed by atoms with van der Waals surface area (Å²) < 4.78 is 48.5. The average molecular weight is 389 g/mol. The molecule has 0 saturated heterocycles. The number of hydrogen-bond donors (Lipinski definition) is 2. The number of fused-ring (bicyclic) bond motifs is 1. The molecule has 4 rings (SSSR count). The number of rotatable bonds is 5. The molecule has 2 heterocycles. The van der Waals surface area contributed by atoms with Gasteiger partial charge in [-0.25, -0.2) is 0 Å². The Morgan fingerprint density at radius 3 is 2.57 bits per heavy atom. The summed E-state index contributed by atoms with van der Waals surface area (Å²) in [6.45, 7) is 0.638. The Morgan fingerprint density at radius 2 is 1.79 bits per heavy atom. The molecule has 2 N–H and O–H groups in total. The lowest BCUT2D eigenvalue weighted by molar-refractivity contribution is -0.137. The zero-order valence-corrected chi connectivity index (χ0v) is 14.3. The molecule has 0 fully saturated rings. The summed E-state index contributed by atoms with van der Waals surface area (Å²) in [5.41, 5.74) is 0.675. The third kappa shape index (κ3) is 4.05. The van der Waals surface area contributed by atoms with Crippen molar-refractivity contribution in [1.29, 1.82) is 0 Å². The quantitative estimate of drug-likeness (QED) is 0.683. The summed E-state index contributed by atoms with van der Waals surface area (Å²) in [6, 6.07) is 10.2. The molecule has 0 atom stereocenters. The summed E-state index contributed by atoms with van der Waals surface area (Å²) in [5.74, 6) is 2.00. The first kappa shape index (κ1) is 17.8. The van der Waals surface area contributed by atoms with Crippen LogP contribution in [0.2, 0.25) is 0 Å². The SMILES string of the molecule is FC(F)(F)c1ccc(Nc2cnnc(NCc3ccc4c(c3)OCO4)n2)cc1. The number of alkyl halides is 3. The standard InChI is InChI=1S/C18H14F3N5O2/c19-18(20,21)12-2-4-13(5-3-12)24-16-9-23-26-17(25-16)22-8-11-1-6-14-15(7-11)28-10-27-14/h1-7,9H,8,10H2,(H2,22,24,25,26). The number of benzene rings is 2. The molecule has 0 spiro atoms. The maximum Gasteiger partial charge on any atom is 0.416 e. The van der Waals surface area contributed by atoms with Gasteiger partial charge in [-0.15, -0.1) is 5.10 Å². The van der Waals surface area contributed by atoms with Crippen molar-refractivity contribution < 1.29 is 22.6 Å². The molecule has 7 nitrogen and oxygen atoms in total. The zero-order chi connectivity index (χ0) is 19.6. The van der Waals surface area contributed by atoms with Crippen LogP contribution in [0.1, 0.15) is 11.1 Å². The number of anilines is 3. The number of nitrogens with one attached hydrogen (secondary N) is 2. The van der Waals surface area contributed by atoms with Gasteiger partial charge in [-0.1, -0.05) is 6.07 Å². The van der Waals surface area contributed by atoms with Crippen LogP contribution in [-0.2, 0) is 12.7 Å². The molecule has 2 aromatic carbocycles. The lowest BCUT2D eigenvalue weighted by atomic mass is 10.2. The van der Waals surface area contributed by atoms with Crippen molar-refractivity contribution >= 4 is 17.5 Å². The molecule has 1 aromatic heterocycles. The third-order valence-electron chi connectivity index (χ3n) is 3.93. The van der Waals surface area contributed by atoms with E-state index in [0.717, 1.165) is 17.7 Å². The fourth-order valence-corrected chi connectivity index (χ4v) is 2.56. The van der Waals surface area contributed by atoms with Crippen LogP contribution in [0.15, 0.2) is 48.7 Å². The molecule has 1 aliphatic rings. The van der Waals surface area contributed by atoms with Crippen molar-refractivity contribution in [3.8, 4) is 11.5 Å². The Labute approximate surface area is 157 Å². The molecule has 1 aliphatic heterocycles. The smallest absolute Gasteiger partial charge is 0.416 e. The van der Waals surface area contributed by atoms with Crippen molar-refractivity contribution in [1.82, 2.24) is 15.2 Å². The van der Waals surface area contributed by atoms with Gasteiger partial charge >= 0.3 is 6.18 Å². The second-order valence-electron chi connectivity index (χ2n) is 5.91. The molecule has 0 saturated carbocycles. The Balaban J connectivity index is 1.40. The van der Waals surface area contributed by atoms with Crippen LogP contribution < -0.4 is 20.1 Å². The Hall–Kier alpha value is -3.56. The molecule has 144 valence electrons. The molecular formula is C18H14F3N5O2. The Morgan fingerprint density at radius 1 is 1.00 bits per heavy atom. The number of aromatic nitrogens is 3. The second kappa shape index (κ2) is 7.22. The minimum atomic E-state index is -4.37. The highest BCUT2D eigenvalue weighted by Gasteiger charge is 2.29. The maximum absolute atomic E-state index is 12.6. The first-order chi connectivity index (χ1) is 13.5. The van der Waals surface area contributed by atoms with E-state index >= 15 is 0 Å². The molecule has 0 aliphatic carbocycles. The van der Waals surface area contributed by atoms with Gasteiger partial charge in [0.05, 0.1) is 11.8 Å². The molecule has 3 aromatic rings. The molecular weight excluding hydrogens is 375 g/mol. The highest BCUT2D eigenvalue weighted by atomic mass is 19.4. The first-order valence-electron chi connectivity index (χ1n) is 8.24. The highest BCUT2D eigenvalue weighted by molar-refractivity contribution is 5.56. The van der Waals surface area contributed by atoms with E-state index in [2.05, 4.69) is 25.8 Å². The van der Waals surface area contributed by atoms with E-state index in [0.29, 0.717) is 29.5 Å². The van der Waals surface area contributed by atoms with Gasteiger partial charge in [-0.05, 0) is 42.0 Å². The second-order valence-corrected chi connectivity index (χ2v) is 5.91. The third-order valence-corrected chi connectivity index (χ3v) is 3.93. The minimum absolute atomic E-state index is 0.205. The predicted molar refractivity (Wildman–Crippen MR) is 94.4 cm³/mol. The van der Waals surface area contributed by atoms with E-state index in [1.807, 2.05) is 18.2 Å². The van der Waals surface area contributed by atoms with Crippen molar-refractivity contribution in [2.24, 2.45) is 0 Å². The van der Waals surface area contributed by atoms with Crippen LogP contribution in [0.5, 0.6) is 11.5 Å². The molecule has 0 amide bonds. The van der Waals surface area contributed by atoms with Crippen LogP contribution in [0.4, 0.5) is 30.6 Å². The molecule has 0 unspecified atom stereocenters. The normalized spacial score (nSPS) is 12.7. The topological polar surface area (TPSA) is 81.2 Å². The van der Waals surface area contributed by atoms with Gasteiger partial charge in [-0.3, -0.25) is 0 Å². The molecule has 10 heteroatoms. The zero-order valence-electron chi connectivity index (χ0n) is 14.3. The van der Waals surface area contributed by atoms with E-state index in [1.54, 1.807) is 0 Å². The van der Waals surface area contributed by atoms with Crippen LogP contribution in [0.25, 0.3) is 0 Å². The summed E-state index contributed by atoms with van der Waals surface area (Å²) >= 11 is 0. The Bertz CT molecular complexity index is 980. The van der Waals surface area contributed by atoms with Gasteiger partial charge < -0.3 is 20.1 Å². The van der Waals surface area contributed by atoms with E-state index in [1.165, 1.54) is 18.3 Å². The van der Waals surface area contributed by atoms with Crippen LogP contribution in [0.3, 0.4) is 0 Å². The highest BCUT2D eigenvalue weighted by Crippen LogP contribution is 2.33. The molecule has 28 heavy (non-hydrogen) atoms. The van der Waals surface area contributed by atoms with E-state index < -0.39 is 11.7 Å². The average Bonchev–Trinajstić information content (AvgIpc) is 3.14. The molecule has 0 bridgehead atoms. The number of ether oxygens (including phenoxy) is 2. The first-order valence-corrected chi connectivity index (χ1v) is 8.24. The number of halogens is 3. The van der Waals surface area contributed by atoms with Crippen molar-refractivity contribution in [2.45, 2.75) is 12.7 Å². The van der Waals surface area contributed by atoms with Gasteiger partial charge in [-0.2, -0.15) is 23.3 Å². The van der Waals surface area contributed by atoms with Gasteiger partial charge in [0.15, 0.2) is 17.3 Å². The fraction of sp³-hybridized carbons (Fsp3) is 0.167. The van der Waals surface area contributed by atoms with Gasteiger partial charge in [0.25, 0.3) is 0 Å². The number of nitrogens with zero attached hydrogens (tertiary/aromatic N) is 3. The van der Waals surface area contributed by atoms with Crippen LogP contribution in [0, 0.1) is 0 Å². The minimum Gasteiger partial charge on any atom is -0.454 e. The van der Waals surface area contributed by atoms with Gasteiger partial charge in [0.2, 0.25) is 12.7 Å². The van der Waals surface area contributed by atoms with Crippen LogP contribution in [-0.4, -0.2) is 22.0 Å².